The molecule has 0 heterocycles. The van der Waals surface area contributed by atoms with Crippen LogP contribution in [0.4, 0.5) is 11.4 Å². The van der Waals surface area contributed by atoms with E-state index < -0.39 is 22.0 Å². The molecule has 0 aliphatic rings. The van der Waals surface area contributed by atoms with Crippen molar-refractivity contribution in [3.8, 4) is 5.75 Å². The van der Waals surface area contributed by atoms with Gasteiger partial charge in [-0.25, -0.2) is 8.42 Å². The molecule has 162 valence electrons. The van der Waals surface area contributed by atoms with Crippen LogP contribution in [-0.2, 0) is 19.6 Å². The fourth-order valence-corrected chi connectivity index (χ4v) is 4.15. The second-order valence-electron chi connectivity index (χ2n) is 7.16. The predicted octanol–water partition coefficient (Wildman–Crippen LogP) is 3.08. The summed E-state index contributed by atoms with van der Waals surface area (Å²) in [6, 6.07) is 10.5. The molecule has 2 aromatic carbocycles. The van der Waals surface area contributed by atoms with Crippen molar-refractivity contribution in [3.63, 3.8) is 0 Å². The minimum absolute atomic E-state index is 0.0245. The second-order valence-corrected chi connectivity index (χ2v) is 8.84. The molecular formula is C21H27N3O5S. The first-order valence-electron chi connectivity index (χ1n) is 9.42. The Morgan fingerprint density at radius 1 is 0.967 bits per heavy atom. The van der Waals surface area contributed by atoms with Crippen LogP contribution in [0, 0.1) is 0 Å². The molecule has 0 aromatic heterocycles. The van der Waals surface area contributed by atoms with E-state index in [0.717, 1.165) is 5.56 Å². The quantitative estimate of drug-likeness (QED) is 0.592. The Bertz CT molecular complexity index is 1030. The van der Waals surface area contributed by atoms with Crippen molar-refractivity contribution >= 4 is 33.2 Å². The predicted molar refractivity (Wildman–Crippen MR) is 116 cm³/mol. The normalized spacial score (nSPS) is 12.3. The number of carbonyl (C=O) groups is 2. The Labute approximate surface area is 177 Å². The highest BCUT2D eigenvalue weighted by atomic mass is 32.2. The molecule has 9 heteroatoms. The molecule has 2 aromatic rings. The average molecular weight is 434 g/mol. The molecule has 3 N–H and O–H groups in total. The van der Waals surface area contributed by atoms with Gasteiger partial charge in [0.2, 0.25) is 21.8 Å². The van der Waals surface area contributed by atoms with Gasteiger partial charge in [-0.15, -0.1) is 0 Å². The Hall–Kier alpha value is -2.91. The number of hydrogen-bond acceptors (Lipinski definition) is 5. The van der Waals surface area contributed by atoms with Crippen molar-refractivity contribution in [1.82, 2.24) is 4.72 Å². The molecule has 8 nitrogen and oxygen atoms in total. The van der Waals surface area contributed by atoms with Gasteiger partial charge in [0.05, 0.1) is 13.2 Å². The molecule has 0 fully saturated rings. The average Bonchev–Trinajstić information content (AvgIpc) is 2.66. The van der Waals surface area contributed by atoms with Crippen molar-refractivity contribution in [2.45, 2.75) is 44.6 Å². The van der Waals surface area contributed by atoms with Crippen LogP contribution in [0.15, 0.2) is 47.4 Å². The molecule has 0 aliphatic heterocycles. The van der Waals surface area contributed by atoms with Crippen molar-refractivity contribution in [3.05, 3.63) is 48.0 Å². The number of carbonyl (C=O) groups excluding carboxylic acids is 2. The summed E-state index contributed by atoms with van der Waals surface area (Å²) in [4.78, 5) is 23.7. The van der Waals surface area contributed by atoms with Crippen LogP contribution >= 0.6 is 0 Å². The highest BCUT2D eigenvalue weighted by Crippen LogP contribution is 2.28. The molecule has 30 heavy (non-hydrogen) atoms. The Balaban J connectivity index is 2.18. The van der Waals surface area contributed by atoms with Gasteiger partial charge >= 0.3 is 0 Å². The molecule has 1 unspecified atom stereocenters. The lowest BCUT2D eigenvalue weighted by Gasteiger charge is -2.17. The molecule has 1 atom stereocenters. The number of benzene rings is 2. The molecule has 0 aliphatic carbocycles. The fourth-order valence-electron chi connectivity index (χ4n) is 2.74. The van der Waals surface area contributed by atoms with Crippen LogP contribution in [0.2, 0.25) is 0 Å². The van der Waals surface area contributed by atoms with Gasteiger partial charge in [-0.05, 0) is 48.7 Å². The van der Waals surface area contributed by atoms with E-state index in [0.29, 0.717) is 11.4 Å². The number of nitrogens with one attached hydrogen (secondary N) is 3. The molecule has 0 saturated carbocycles. The third-order valence-electron chi connectivity index (χ3n) is 4.32. The van der Waals surface area contributed by atoms with E-state index in [1.807, 2.05) is 13.8 Å². The van der Waals surface area contributed by atoms with Crippen molar-refractivity contribution in [2.24, 2.45) is 0 Å². The summed E-state index contributed by atoms with van der Waals surface area (Å²) in [6.45, 7) is 6.74. The lowest BCUT2D eigenvalue weighted by Crippen LogP contribution is -2.41. The summed E-state index contributed by atoms with van der Waals surface area (Å²) in [5.41, 5.74) is 1.78. The number of rotatable bonds is 8. The van der Waals surface area contributed by atoms with Crippen molar-refractivity contribution in [1.29, 1.82) is 0 Å². The van der Waals surface area contributed by atoms with Crippen LogP contribution in [0.1, 0.15) is 39.2 Å². The van der Waals surface area contributed by atoms with Crippen LogP contribution in [-0.4, -0.2) is 33.4 Å². The van der Waals surface area contributed by atoms with Crippen LogP contribution < -0.4 is 20.1 Å². The van der Waals surface area contributed by atoms with Crippen LogP contribution in [0.3, 0.4) is 0 Å². The van der Waals surface area contributed by atoms with Gasteiger partial charge < -0.3 is 15.4 Å². The van der Waals surface area contributed by atoms with Crippen LogP contribution in [0.25, 0.3) is 0 Å². The minimum Gasteiger partial charge on any atom is -0.495 e. The SMILES string of the molecule is COc1ccc(C(C)C)cc1S(=O)(=O)NC(C)C(=O)Nc1cccc(NC(C)=O)c1. The lowest BCUT2D eigenvalue weighted by atomic mass is 10.0. The topological polar surface area (TPSA) is 114 Å². The Morgan fingerprint density at radius 2 is 1.60 bits per heavy atom. The number of methoxy groups -OCH3 is 1. The van der Waals surface area contributed by atoms with Gasteiger partial charge in [-0.3, -0.25) is 9.59 Å². The van der Waals surface area contributed by atoms with E-state index in [2.05, 4.69) is 15.4 Å². The third kappa shape index (κ3) is 6.04. The van der Waals surface area contributed by atoms with Crippen molar-refractivity contribution < 1.29 is 22.7 Å². The van der Waals surface area contributed by atoms with Gasteiger partial charge in [0, 0.05) is 18.3 Å². The Kier molecular flexibility index (Phi) is 7.58. The standard InChI is InChI=1S/C21H27N3O5S/c1-13(2)16-9-10-19(29-5)20(11-16)30(27,28)24-14(3)21(26)23-18-8-6-7-17(12-18)22-15(4)25/h6-14,24H,1-5H3,(H,22,25)(H,23,26). The van der Waals surface area contributed by atoms with Crippen LogP contribution in [0.5, 0.6) is 5.75 Å². The second kappa shape index (κ2) is 9.73. The van der Waals surface area contributed by atoms with E-state index in [1.54, 1.807) is 42.5 Å². The fraction of sp³-hybridized carbons (Fsp3) is 0.333. The van der Waals surface area contributed by atoms with E-state index in [-0.39, 0.29) is 22.5 Å². The zero-order valence-corrected chi connectivity index (χ0v) is 18.5. The largest absolute Gasteiger partial charge is 0.495 e. The van der Waals surface area contributed by atoms with Gasteiger partial charge in [-0.1, -0.05) is 26.0 Å². The summed E-state index contributed by atoms with van der Waals surface area (Å²) in [6.07, 6.45) is 0. The third-order valence-corrected chi connectivity index (χ3v) is 5.88. The Morgan fingerprint density at radius 3 is 2.17 bits per heavy atom. The molecule has 2 amide bonds. The maximum absolute atomic E-state index is 12.9. The zero-order valence-electron chi connectivity index (χ0n) is 17.6. The monoisotopic (exact) mass is 433 g/mol. The molecule has 0 saturated heterocycles. The molecule has 0 bridgehead atoms. The number of ether oxygens (including phenoxy) is 1. The first kappa shape index (κ1) is 23.4. The van der Waals surface area contributed by atoms with Gasteiger partial charge in [-0.2, -0.15) is 4.72 Å². The summed E-state index contributed by atoms with van der Waals surface area (Å²) in [7, 11) is -2.62. The number of sulfonamides is 1. The highest BCUT2D eigenvalue weighted by molar-refractivity contribution is 7.89. The van der Waals surface area contributed by atoms with Gasteiger partial charge in [0.25, 0.3) is 0 Å². The van der Waals surface area contributed by atoms with E-state index in [1.165, 1.54) is 21.0 Å². The summed E-state index contributed by atoms with van der Waals surface area (Å²) in [5, 5.41) is 5.26. The summed E-state index contributed by atoms with van der Waals surface area (Å²) in [5.74, 6) is -0.460. The van der Waals surface area contributed by atoms with E-state index in [4.69, 9.17) is 4.74 Å². The summed E-state index contributed by atoms with van der Waals surface area (Å²) < 4.78 is 33.4. The smallest absolute Gasteiger partial charge is 0.244 e. The lowest BCUT2D eigenvalue weighted by molar-refractivity contribution is -0.117. The molecule has 0 radical (unpaired) electrons. The number of hydrogen-bond donors (Lipinski definition) is 3. The molecule has 2 rings (SSSR count). The van der Waals surface area contributed by atoms with Gasteiger partial charge in [0.15, 0.2) is 0 Å². The first-order chi connectivity index (χ1) is 14.0. The van der Waals surface area contributed by atoms with Crippen molar-refractivity contribution in [2.75, 3.05) is 17.7 Å². The maximum Gasteiger partial charge on any atom is 0.244 e. The van der Waals surface area contributed by atoms with E-state index >= 15 is 0 Å². The highest BCUT2D eigenvalue weighted by Gasteiger charge is 2.26. The minimum atomic E-state index is -4.01. The number of anilines is 2. The zero-order chi connectivity index (χ0) is 22.5. The number of amides is 2. The maximum atomic E-state index is 12.9. The first-order valence-corrected chi connectivity index (χ1v) is 10.9. The molecular weight excluding hydrogens is 406 g/mol. The molecule has 0 spiro atoms. The van der Waals surface area contributed by atoms with Gasteiger partial charge in [0.1, 0.15) is 10.6 Å². The van der Waals surface area contributed by atoms with E-state index in [9.17, 15) is 18.0 Å². The summed E-state index contributed by atoms with van der Waals surface area (Å²) >= 11 is 0.